The van der Waals surface area contributed by atoms with Crippen LogP contribution in [0.4, 0.5) is 0 Å². The summed E-state index contributed by atoms with van der Waals surface area (Å²) >= 11 is 0.382. The van der Waals surface area contributed by atoms with E-state index in [1.807, 2.05) is 0 Å². The number of hydrogen-bond acceptors (Lipinski definition) is 0. The smallest absolute Gasteiger partial charge is 0.168 e. The predicted molar refractivity (Wildman–Crippen MR) is 56.3 cm³/mol. The van der Waals surface area contributed by atoms with Gasteiger partial charge < -0.3 is 34.5 Å². The molecule has 0 spiro atoms. The zero-order valence-electron chi connectivity index (χ0n) is 7.60. The van der Waals surface area contributed by atoms with E-state index >= 15 is 0 Å². The number of rotatable bonds is 7. The molecule has 0 atom stereocenters. The van der Waals surface area contributed by atoms with Crippen molar-refractivity contribution in [1.82, 2.24) is 0 Å². The van der Waals surface area contributed by atoms with Gasteiger partial charge in [-0.3, -0.25) is 0 Å². The summed E-state index contributed by atoms with van der Waals surface area (Å²) in [5.74, 6) is 0. The summed E-state index contributed by atoms with van der Waals surface area (Å²) in [5, 5.41) is 8.04. The van der Waals surface area contributed by atoms with Crippen LogP contribution in [0.15, 0.2) is 0 Å². The van der Waals surface area contributed by atoms with Crippen LogP contribution in [0.3, 0.4) is 0 Å². The van der Waals surface area contributed by atoms with Gasteiger partial charge in [0.15, 0.2) is 0 Å². The molecular formula is C6H14Cl3CoN4-4. The zero-order valence-corrected chi connectivity index (χ0v) is 10.9. The Hall–Kier alpha value is 1.22. The van der Waals surface area contributed by atoms with Crippen molar-refractivity contribution in [2.24, 2.45) is 0 Å². The summed E-state index contributed by atoms with van der Waals surface area (Å²) in [6.45, 7) is 3.43. The molecule has 14 heavy (non-hydrogen) atoms. The molecule has 0 amide bonds. The fourth-order valence-electron chi connectivity index (χ4n) is 0.523. The Morgan fingerprint density at radius 3 is 1.36 bits per heavy atom. The van der Waals surface area contributed by atoms with Crippen LogP contribution in [0.5, 0.6) is 0 Å². The first-order chi connectivity index (χ1) is 6.33. The summed E-state index contributed by atoms with van der Waals surface area (Å²) in [5.41, 5.74) is 13.5. The molecule has 8 heteroatoms. The maximum Gasteiger partial charge on any atom is -0.168 e. The molecule has 0 heterocycles. The van der Waals surface area contributed by atoms with E-state index in [0.29, 0.717) is 39.1 Å². The van der Waals surface area contributed by atoms with Gasteiger partial charge in [0.1, 0.15) is 0 Å². The first kappa shape index (κ1) is 20.6. The molecule has 92 valence electrons. The van der Waals surface area contributed by atoms with Crippen molar-refractivity contribution in [3.63, 3.8) is 0 Å². The van der Waals surface area contributed by atoms with Gasteiger partial charge in [-0.1, -0.05) is 0 Å². The molecule has 0 aromatic heterocycles. The number of nitrogens with one attached hydrogen (secondary N) is 2. The van der Waals surface area contributed by atoms with E-state index in [2.05, 4.69) is 10.6 Å². The van der Waals surface area contributed by atoms with E-state index < -0.39 is 0 Å². The third-order valence-corrected chi connectivity index (χ3v) is 0.956. The molecular weight excluding hydrogens is 293 g/mol. The first-order valence-corrected chi connectivity index (χ1v) is 6.59. The van der Waals surface area contributed by atoms with Crippen LogP contribution in [-0.4, -0.2) is 39.3 Å². The number of nitrogens with zero attached hydrogens (tertiary/aromatic N) is 2. The zero-order chi connectivity index (χ0) is 10.4. The molecule has 0 saturated heterocycles. The average Bonchev–Trinajstić information content (AvgIpc) is 2.13. The Balaban J connectivity index is -0.000000267. The van der Waals surface area contributed by atoms with Crippen LogP contribution in [-0.2, 0) is 12.9 Å². The van der Waals surface area contributed by atoms with Crippen LogP contribution in [0.1, 0.15) is 0 Å². The molecule has 0 rings (SSSR count). The van der Waals surface area contributed by atoms with E-state index in [0.717, 1.165) is 13.1 Å². The van der Waals surface area contributed by atoms with Crippen molar-refractivity contribution in [2.75, 3.05) is 39.3 Å². The standard InChI is InChI=1S/C6H14N4.3ClH.Co/c7-1-3-9-5-6-10-4-2-8;;;;/h7-8H,1-6H2;3*1H;/q-4;;;;+3/p-3. The maximum atomic E-state index is 6.76. The van der Waals surface area contributed by atoms with Gasteiger partial charge >= 0.3 is 33.2 Å². The summed E-state index contributed by atoms with van der Waals surface area (Å²) < 4.78 is 0. The molecule has 0 aromatic rings. The predicted octanol–water partition coefficient (Wildman–Crippen LogP) is 0.219. The molecule has 2 N–H and O–H groups in total. The van der Waals surface area contributed by atoms with Gasteiger partial charge in [0, 0.05) is 0 Å². The third kappa shape index (κ3) is 29.2. The Morgan fingerprint density at radius 2 is 1.14 bits per heavy atom. The molecule has 0 aromatic carbocycles. The van der Waals surface area contributed by atoms with Crippen LogP contribution >= 0.6 is 20.3 Å². The molecule has 4 nitrogen and oxygen atoms in total. The van der Waals surface area contributed by atoms with E-state index in [9.17, 15) is 0 Å². The van der Waals surface area contributed by atoms with Crippen LogP contribution in [0, 0.1) is 0 Å². The Labute approximate surface area is 107 Å². The monoisotopic (exact) mass is 306 g/mol. The quantitative estimate of drug-likeness (QED) is 0.603. The summed E-state index contributed by atoms with van der Waals surface area (Å²) in [6, 6.07) is 0. The summed E-state index contributed by atoms with van der Waals surface area (Å²) in [4.78, 5) is 0. The van der Waals surface area contributed by atoms with Crippen LogP contribution in [0.2, 0.25) is 0 Å². The molecule has 0 bridgehead atoms. The van der Waals surface area contributed by atoms with E-state index in [1.165, 1.54) is 0 Å². The van der Waals surface area contributed by atoms with Gasteiger partial charge in [-0.15, -0.1) is 0 Å². The van der Waals surface area contributed by atoms with Gasteiger partial charge in [-0.05, 0) is 0 Å². The molecule has 0 aliphatic carbocycles. The first-order valence-electron chi connectivity index (χ1n) is 3.72. The van der Waals surface area contributed by atoms with Crippen LogP contribution < -0.4 is 12.4 Å². The Morgan fingerprint density at radius 1 is 0.857 bits per heavy atom. The van der Waals surface area contributed by atoms with Crippen molar-refractivity contribution in [3.8, 4) is 0 Å². The SMILES string of the molecule is [Cl-].[Cl][Co+][Cl].[NH-]CC[N-]CC[N-]CC[NH-]. The third-order valence-electron chi connectivity index (χ3n) is 0.956. The maximum absolute atomic E-state index is 6.76. The second-order valence-electron chi connectivity index (χ2n) is 1.89. The summed E-state index contributed by atoms with van der Waals surface area (Å²) in [6.07, 6.45) is 0. The van der Waals surface area contributed by atoms with Crippen molar-refractivity contribution in [2.45, 2.75) is 0 Å². The van der Waals surface area contributed by atoms with E-state index in [-0.39, 0.29) is 12.4 Å². The fraction of sp³-hybridized carbons (Fsp3) is 1.00. The van der Waals surface area contributed by atoms with Gasteiger partial charge in [0.2, 0.25) is 0 Å². The van der Waals surface area contributed by atoms with Crippen molar-refractivity contribution in [1.29, 1.82) is 0 Å². The topological polar surface area (TPSA) is 75.8 Å². The van der Waals surface area contributed by atoms with Gasteiger partial charge in [0.25, 0.3) is 0 Å². The Bertz CT molecular complexity index is 74.1. The minimum Gasteiger partial charge on any atom is -0.679 e. The molecule has 0 aliphatic heterocycles. The van der Waals surface area contributed by atoms with E-state index in [4.69, 9.17) is 31.8 Å². The number of halogens is 3. The van der Waals surface area contributed by atoms with Gasteiger partial charge in [-0.2, -0.15) is 39.3 Å². The fourth-order valence-corrected chi connectivity index (χ4v) is 0.523. The molecule has 0 fully saturated rings. The minimum absolute atomic E-state index is 0. The van der Waals surface area contributed by atoms with E-state index in [1.54, 1.807) is 0 Å². The molecule has 0 radical (unpaired) electrons. The van der Waals surface area contributed by atoms with Crippen LogP contribution in [0.25, 0.3) is 22.1 Å². The second-order valence-corrected chi connectivity index (χ2v) is 3.61. The van der Waals surface area contributed by atoms with Crippen molar-refractivity contribution in [3.05, 3.63) is 22.1 Å². The largest absolute Gasteiger partial charge is 0.679 e. The number of hydrogen-bond donors (Lipinski definition) is 0. The molecule has 0 aliphatic rings. The Kier molecular flexibility index (Phi) is 35.0. The molecule has 0 saturated carbocycles. The van der Waals surface area contributed by atoms with Crippen molar-refractivity contribution < 1.29 is 25.3 Å². The minimum atomic E-state index is 0. The van der Waals surface area contributed by atoms with Gasteiger partial charge in [0.05, 0.1) is 0 Å². The second kappa shape index (κ2) is 23.8. The average molecular weight is 307 g/mol. The summed E-state index contributed by atoms with van der Waals surface area (Å²) in [7, 11) is 9.47. The van der Waals surface area contributed by atoms with Gasteiger partial charge in [-0.25, -0.2) is 0 Å². The normalized spacial score (nSPS) is 8.86. The molecule has 0 unspecified atom stereocenters. The van der Waals surface area contributed by atoms with Crippen molar-refractivity contribution >= 4 is 20.3 Å².